The molecule has 6 nitrogen and oxygen atoms in total. The molecule has 1 N–H and O–H groups in total. The molecule has 0 aromatic heterocycles. The van der Waals surface area contributed by atoms with Crippen molar-refractivity contribution < 1.29 is 24.2 Å². The van der Waals surface area contributed by atoms with E-state index in [1.165, 1.54) is 6.42 Å². The molecule has 4 unspecified atom stereocenters. The molecule has 2 saturated carbocycles. The van der Waals surface area contributed by atoms with E-state index in [0.29, 0.717) is 36.8 Å². The standard InChI is InChI=1S/C22H31NO5/c1-14-6-4-5-7-18(14)23(21(24)16-9-10-17(16)22(25)26)13-15-8-11-19(27-2)20(12-15)28-3/h8,11-12,14,16-18H,4-7,9-10,13H2,1-3H3,(H,25,26). The number of methoxy groups -OCH3 is 2. The quantitative estimate of drug-likeness (QED) is 0.769. The summed E-state index contributed by atoms with van der Waals surface area (Å²) in [4.78, 5) is 26.8. The highest BCUT2D eigenvalue weighted by Gasteiger charge is 2.45. The Hall–Kier alpha value is -2.24. The van der Waals surface area contributed by atoms with E-state index in [1.54, 1.807) is 14.2 Å². The van der Waals surface area contributed by atoms with Gasteiger partial charge in [0.05, 0.1) is 26.1 Å². The van der Waals surface area contributed by atoms with Crippen molar-refractivity contribution in [3.8, 4) is 11.5 Å². The first-order chi connectivity index (χ1) is 13.5. The second-order valence-electron chi connectivity index (χ2n) is 8.11. The van der Waals surface area contributed by atoms with Gasteiger partial charge in [-0.05, 0) is 49.3 Å². The van der Waals surface area contributed by atoms with Crippen LogP contribution in [0.4, 0.5) is 0 Å². The molecule has 1 aromatic carbocycles. The fourth-order valence-electron chi connectivity index (χ4n) is 4.60. The lowest BCUT2D eigenvalue weighted by Crippen LogP contribution is -2.51. The molecule has 3 rings (SSSR count). The van der Waals surface area contributed by atoms with E-state index < -0.39 is 17.8 Å². The molecule has 1 aromatic rings. The number of benzene rings is 1. The van der Waals surface area contributed by atoms with E-state index in [2.05, 4.69) is 6.92 Å². The van der Waals surface area contributed by atoms with Crippen molar-refractivity contribution in [3.05, 3.63) is 23.8 Å². The van der Waals surface area contributed by atoms with Crippen LogP contribution in [-0.4, -0.2) is 42.1 Å². The van der Waals surface area contributed by atoms with Crippen molar-refractivity contribution in [1.82, 2.24) is 4.90 Å². The van der Waals surface area contributed by atoms with Crippen molar-refractivity contribution >= 4 is 11.9 Å². The van der Waals surface area contributed by atoms with Gasteiger partial charge in [-0.3, -0.25) is 9.59 Å². The van der Waals surface area contributed by atoms with Crippen molar-refractivity contribution in [2.75, 3.05) is 14.2 Å². The first-order valence-electron chi connectivity index (χ1n) is 10.2. The highest BCUT2D eigenvalue weighted by molar-refractivity contribution is 5.86. The van der Waals surface area contributed by atoms with Crippen molar-refractivity contribution in [2.45, 2.75) is 58.0 Å². The zero-order chi connectivity index (χ0) is 20.3. The van der Waals surface area contributed by atoms with E-state index in [1.807, 2.05) is 23.1 Å². The fourth-order valence-corrected chi connectivity index (χ4v) is 4.60. The van der Waals surface area contributed by atoms with Crippen molar-refractivity contribution in [3.63, 3.8) is 0 Å². The minimum absolute atomic E-state index is 0.00724. The molecule has 28 heavy (non-hydrogen) atoms. The normalized spacial score (nSPS) is 26.8. The maximum absolute atomic E-state index is 13.4. The topological polar surface area (TPSA) is 76.1 Å². The van der Waals surface area contributed by atoms with Crippen molar-refractivity contribution in [2.24, 2.45) is 17.8 Å². The lowest BCUT2D eigenvalue weighted by molar-refractivity contribution is -0.159. The molecule has 0 saturated heterocycles. The Morgan fingerprint density at radius 1 is 1.04 bits per heavy atom. The molecule has 0 spiro atoms. The summed E-state index contributed by atoms with van der Waals surface area (Å²) in [7, 11) is 3.19. The van der Waals surface area contributed by atoms with Crippen molar-refractivity contribution in [1.29, 1.82) is 0 Å². The number of carbonyl (C=O) groups is 2. The van der Waals surface area contributed by atoms with Gasteiger partial charge in [0.15, 0.2) is 11.5 Å². The predicted octanol–water partition coefficient (Wildman–Crippen LogP) is 3.72. The lowest BCUT2D eigenvalue weighted by Gasteiger charge is -2.43. The lowest BCUT2D eigenvalue weighted by atomic mass is 9.72. The Kier molecular flexibility index (Phi) is 6.47. The summed E-state index contributed by atoms with van der Waals surface area (Å²) in [6, 6.07) is 5.86. The van der Waals surface area contributed by atoms with Crippen LogP contribution < -0.4 is 9.47 Å². The molecule has 0 bridgehead atoms. The fraction of sp³-hybridized carbons (Fsp3) is 0.636. The summed E-state index contributed by atoms with van der Waals surface area (Å²) in [6.45, 7) is 2.67. The number of carboxylic acid groups (broad SMARTS) is 1. The smallest absolute Gasteiger partial charge is 0.307 e. The molecule has 1 amide bonds. The first-order valence-corrected chi connectivity index (χ1v) is 10.2. The maximum Gasteiger partial charge on any atom is 0.307 e. The van der Waals surface area contributed by atoms with Crippen LogP contribution in [-0.2, 0) is 16.1 Å². The van der Waals surface area contributed by atoms with Gasteiger partial charge in [0.2, 0.25) is 5.91 Å². The Labute approximate surface area is 166 Å². The Morgan fingerprint density at radius 3 is 2.29 bits per heavy atom. The molecular weight excluding hydrogens is 358 g/mol. The molecule has 154 valence electrons. The number of amides is 1. The van der Waals surface area contributed by atoms with Crippen LogP contribution in [0.3, 0.4) is 0 Å². The number of ether oxygens (including phenoxy) is 2. The summed E-state index contributed by atoms with van der Waals surface area (Å²) < 4.78 is 10.7. The number of rotatable bonds is 7. The first kappa shape index (κ1) is 20.5. The number of aliphatic carboxylic acids is 1. The molecule has 2 aliphatic carbocycles. The zero-order valence-corrected chi connectivity index (χ0v) is 17.0. The third-order valence-electron chi connectivity index (χ3n) is 6.46. The van der Waals surface area contributed by atoms with Crippen LogP contribution in [0.25, 0.3) is 0 Å². The largest absolute Gasteiger partial charge is 0.493 e. The Bertz CT molecular complexity index is 719. The van der Waals surface area contributed by atoms with Crippen LogP contribution >= 0.6 is 0 Å². The predicted molar refractivity (Wildman–Crippen MR) is 105 cm³/mol. The van der Waals surface area contributed by atoms with Crippen LogP contribution in [0.2, 0.25) is 0 Å². The molecule has 0 aliphatic heterocycles. The van der Waals surface area contributed by atoms with Crippen LogP contribution in [0.15, 0.2) is 18.2 Å². The van der Waals surface area contributed by atoms with E-state index in [0.717, 1.165) is 24.8 Å². The van der Waals surface area contributed by atoms with Gasteiger partial charge in [0.1, 0.15) is 0 Å². The molecule has 0 radical (unpaired) electrons. The number of hydrogen-bond acceptors (Lipinski definition) is 4. The van der Waals surface area contributed by atoms with E-state index in [9.17, 15) is 14.7 Å². The molecule has 2 aliphatic rings. The Balaban J connectivity index is 1.86. The zero-order valence-electron chi connectivity index (χ0n) is 17.0. The van der Waals surface area contributed by atoms with E-state index >= 15 is 0 Å². The van der Waals surface area contributed by atoms with Gasteiger partial charge in [-0.1, -0.05) is 25.8 Å². The molecular formula is C22H31NO5. The molecule has 4 atom stereocenters. The second-order valence-corrected chi connectivity index (χ2v) is 8.11. The van der Waals surface area contributed by atoms with Crippen LogP contribution in [0.5, 0.6) is 11.5 Å². The maximum atomic E-state index is 13.4. The Morgan fingerprint density at radius 2 is 1.71 bits per heavy atom. The van der Waals surface area contributed by atoms with Gasteiger partial charge in [-0.25, -0.2) is 0 Å². The molecule has 2 fully saturated rings. The van der Waals surface area contributed by atoms with E-state index in [-0.39, 0.29) is 11.9 Å². The summed E-state index contributed by atoms with van der Waals surface area (Å²) >= 11 is 0. The number of carbonyl (C=O) groups excluding carboxylic acids is 1. The minimum Gasteiger partial charge on any atom is -0.493 e. The third kappa shape index (κ3) is 4.10. The second kappa shape index (κ2) is 8.84. The van der Waals surface area contributed by atoms with Crippen LogP contribution in [0, 0.1) is 17.8 Å². The van der Waals surface area contributed by atoms with Gasteiger partial charge in [-0.15, -0.1) is 0 Å². The molecule has 0 heterocycles. The number of hydrogen-bond donors (Lipinski definition) is 1. The van der Waals surface area contributed by atoms with Gasteiger partial charge in [-0.2, -0.15) is 0 Å². The van der Waals surface area contributed by atoms with Gasteiger partial charge < -0.3 is 19.5 Å². The monoisotopic (exact) mass is 389 g/mol. The number of carboxylic acids is 1. The number of nitrogens with zero attached hydrogens (tertiary/aromatic N) is 1. The SMILES string of the molecule is COc1ccc(CN(C(=O)C2CCC2C(=O)O)C2CCCCC2C)cc1OC. The average molecular weight is 389 g/mol. The molecule has 6 heteroatoms. The minimum atomic E-state index is -0.854. The summed E-state index contributed by atoms with van der Waals surface area (Å²) in [5.41, 5.74) is 0.968. The average Bonchev–Trinajstić information content (AvgIpc) is 2.65. The summed E-state index contributed by atoms with van der Waals surface area (Å²) in [5.74, 6) is -0.0944. The highest BCUT2D eigenvalue weighted by atomic mass is 16.5. The summed E-state index contributed by atoms with van der Waals surface area (Å²) in [5, 5.41) is 9.41. The van der Waals surface area contributed by atoms with Crippen LogP contribution in [0.1, 0.15) is 51.0 Å². The van der Waals surface area contributed by atoms with Gasteiger partial charge in [0, 0.05) is 12.6 Å². The van der Waals surface area contributed by atoms with Gasteiger partial charge >= 0.3 is 5.97 Å². The highest BCUT2D eigenvalue weighted by Crippen LogP contribution is 2.39. The van der Waals surface area contributed by atoms with E-state index in [4.69, 9.17) is 9.47 Å². The summed E-state index contributed by atoms with van der Waals surface area (Å²) in [6.07, 6.45) is 5.64. The third-order valence-corrected chi connectivity index (χ3v) is 6.46. The van der Waals surface area contributed by atoms with Gasteiger partial charge in [0.25, 0.3) is 0 Å².